The lowest BCUT2D eigenvalue weighted by Crippen LogP contribution is -2.62. The average molecular weight is 1150 g/mol. The molecule has 31 nitrogen and oxygen atoms in total. The Morgan fingerprint density at radius 3 is 1.44 bits per heavy atom. The number of aromatic amines is 1. The Balaban J connectivity index is 1.91. The van der Waals surface area contributed by atoms with Crippen molar-refractivity contribution in [1.82, 2.24) is 47.5 Å². The molecule has 10 atom stereocenters. The molecule has 0 spiro atoms. The molecular formula is C51H69N13O18. The lowest BCUT2D eigenvalue weighted by molar-refractivity contribution is -0.144. The van der Waals surface area contributed by atoms with Crippen LogP contribution in [0.5, 0.6) is 0 Å². The largest absolute Gasteiger partial charge is 0.481 e. The summed E-state index contributed by atoms with van der Waals surface area (Å²) >= 11 is 0. The summed E-state index contributed by atoms with van der Waals surface area (Å²) in [5.41, 5.74) is 23.3. The van der Waals surface area contributed by atoms with E-state index in [1.807, 2.05) is 5.32 Å². The number of nitrogens with two attached hydrogens (primary N) is 4. The van der Waals surface area contributed by atoms with Gasteiger partial charge in [0.2, 0.25) is 65.0 Å². The van der Waals surface area contributed by atoms with E-state index in [2.05, 4.69) is 42.2 Å². The van der Waals surface area contributed by atoms with Gasteiger partial charge in [0, 0.05) is 42.8 Å². The first kappa shape index (κ1) is 66.8. The van der Waals surface area contributed by atoms with Crippen molar-refractivity contribution in [3.05, 3.63) is 71.9 Å². The Bertz CT molecular complexity index is 2840. The van der Waals surface area contributed by atoms with Crippen LogP contribution in [0.15, 0.2) is 60.8 Å². The van der Waals surface area contributed by atoms with Crippen LogP contribution in [0.1, 0.15) is 76.8 Å². The zero-order valence-electron chi connectivity index (χ0n) is 44.8. The smallest absolute Gasteiger partial charge is 0.326 e. The second-order valence-corrected chi connectivity index (χ2v) is 19.4. The number of hydrogen-bond donors (Lipinski definition) is 17. The molecule has 11 amide bonds. The third-order valence-corrected chi connectivity index (χ3v) is 12.4. The first-order valence-electron chi connectivity index (χ1n) is 25.4. The number of aliphatic hydroxyl groups excluding tert-OH is 1. The number of primary amides is 3. The van der Waals surface area contributed by atoms with Gasteiger partial charge in [0.1, 0.15) is 48.3 Å². The molecule has 446 valence electrons. The number of hydrogen-bond acceptors (Lipinski definition) is 16. The minimum atomic E-state index is -2.18. The van der Waals surface area contributed by atoms with Crippen LogP contribution in [0.3, 0.4) is 0 Å². The van der Waals surface area contributed by atoms with Gasteiger partial charge in [-0.3, -0.25) is 62.3 Å². The molecular weight excluding hydrogens is 1080 g/mol. The molecule has 1 aromatic heterocycles. The topological polar surface area (TPSA) is 536 Å². The minimum Gasteiger partial charge on any atom is -0.481 e. The summed E-state index contributed by atoms with van der Waals surface area (Å²) in [4.78, 5) is 185. The fraction of sp³-hybridized carbons (Fsp3) is 0.451. The summed E-state index contributed by atoms with van der Waals surface area (Å²) in [7, 11) is 0. The molecule has 0 aliphatic rings. The maximum atomic E-state index is 14.4. The number of H-pyrrole nitrogens is 1. The second-order valence-electron chi connectivity index (χ2n) is 19.4. The number of carboxylic acid groups (broad SMARTS) is 3. The van der Waals surface area contributed by atoms with E-state index < -0.39 is 181 Å². The normalized spacial score (nSPS) is 14.7. The molecule has 0 saturated heterocycles. The zero-order chi connectivity index (χ0) is 61.5. The SMILES string of the molecule is CC(C)[C@H](NC(=O)[C@H](Cc1c[nH]c2ccccc12)NC(=O)[C@H](CC(N)=O)NC(=O)[C@@H](N)CCC(N)=O)C(=O)N[C@@H](CCC(N)=O)C(=O)N[C@@H](CC(=O)O)C(=O)N[C@@H](CC(=O)O)C(=O)N[C@H](C(=O)N[C@@H](Cc1ccccc1)C(=O)O)[C@@H](C)O. The number of fused-ring (bicyclic) bond motifs is 1. The van der Waals surface area contributed by atoms with Gasteiger partial charge in [-0.2, -0.15) is 0 Å². The van der Waals surface area contributed by atoms with Crippen molar-refractivity contribution >= 4 is 93.8 Å². The molecule has 0 unspecified atom stereocenters. The maximum Gasteiger partial charge on any atom is 0.326 e. The summed E-state index contributed by atoms with van der Waals surface area (Å²) < 4.78 is 0. The first-order chi connectivity index (χ1) is 38.5. The predicted octanol–water partition coefficient (Wildman–Crippen LogP) is -5.36. The van der Waals surface area contributed by atoms with Crippen molar-refractivity contribution in [3.8, 4) is 0 Å². The number of carbonyl (C=O) groups is 14. The Kier molecular flexibility index (Phi) is 26.0. The molecule has 0 aliphatic heterocycles. The van der Waals surface area contributed by atoms with E-state index in [0.29, 0.717) is 22.0 Å². The number of aliphatic carboxylic acids is 3. The molecule has 0 fully saturated rings. The van der Waals surface area contributed by atoms with Gasteiger partial charge in [0.25, 0.3) is 0 Å². The van der Waals surface area contributed by atoms with Gasteiger partial charge < -0.3 is 90.9 Å². The van der Waals surface area contributed by atoms with E-state index in [1.165, 1.54) is 20.0 Å². The van der Waals surface area contributed by atoms with E-state index in [1.54, 1.807) is 54.6 Å². The van der Waals surface area contributed by atoms with Gasteiger partial charge in [-0.1, -0.05) is 62.4 Å². The van der Waals surface area contributed by atoms with E-state index in [-0.39, 0.29) is 25.7 Å². The van der Waals surface area contributed by atoms with E-state index >= 15 is 0 Å². The number of aliphatic hydroxyl groups is 1. The Morgan fingerprint density at radius 2 is 0.915 bits per heavy atom. The van der Waals surface area contributed by atoms with Crippen LogP contribution in [0.25, 0.3) is 10.9 Å². The highest BCUT2D eigenvalue weighted by Gasteiger charge is 2.38. The van der Waals surface area contributed by atoms with Crippen molar-refractivity contribution < 1.29 is 87.5 Å². The number of amides is 11. The van der Waals surface area contributed by atoms with Crippen LogP contribution in [-0.2, 0) is 80.0 Å². The van der Waals surface area contributed by atoms with Gasteiger partial charge in [0.05, 0.1) is 31.4 Å². The number of carboxylic acids is 3. The quantitative estimate of drug-likeness (QED) is 0.0261. The number of carbonyl (C=O) groups excluding carboxylic acids is 11. The Labute approximate surface area is 467 Å². The zero-order valence-corrected chi connectivity index (χ0v) is 44.8. The molecule has 82 heavy (non-hydrogen) atoms. The lowest BCUT2D eigenvalue weighted by atomic mass is 9.99. The number of aromatic nitrogens is 1. The summed E-state index contributed by atoms with van der Waals surface area (Å²) in [5, 5.41) is 58.2. The van der Waals surface area contributed by atoms with Crippen molar-refractivity contribution in [2.45, 2.75) is 139 Å². The average Bonchev–Trinajstić information content (AvgIpc) is 3.86. The van der Waals surface area contributed by atoms with Gasteiger partial charge in [-0.15, -0.1) is 0 Å². The number of rotatable bonds is 35. The highest BCUT2D eigenvalue weighted by atomic mass is 16.4. The van der Waals surface area contributed by atoms with Crippen molar-refractivity contribution in [2.75, 3.05) is 0 Å². The van der Waals surface area contributed by atoms with Crippen LogP contribution >= 0.6 is 0 Å². The molecule has 0 radical (unpaired) electrons. The molecule has 21 N–H and O–H groups in total. The van der Waals surface area contributed by atoms with Crippen LogP contribution in [0.2, 0.25) is 0 Å². The van der Waals surface area contributed by atoms with Gasteiger partial charge in [-0.05, 0) is 42.9 Å². The molecule has 0 aliphatic carbocycles. The maximum absolute atomic E-state index is 14.4. The van der Waals surface area contributed by atoms with Crippen molar-refractivity contribution in [2.24, 2.45) is 28.9 Å². The predicted molar refractivity (Wildman–Crippen MR) is 285 cm³/mol. The van der Waals surface area contributed by atoms with E-state index in [4.69, 9.17) is 22.9 Å². The van der Waals surface area contributed by atoms with Crippen LogP contribution in [0, 0.1) is 5.92 Å². The summed E-state index contributed by atoms with van der Waals surface area (Å²) in [6, 6.07) is -1.21. The third kappa shape index (κ3) is 22.0. The second kappa shape index (κ2) is 31.9. The highest BCUT2D eigenvalue weighted by molar-refractivity contribution is 6.00. The van der Waals surface area contributed by atoms with Gasteiger partial charge in [-0.25, -0.2) is 4.79 Å². The fourth-order valence-electron chi connectivity index (χ4n) is 8.01. The van der Waals surface area contributed by atoms with E-state index in [9.17, 15) is 87.5 Å². The molecule has 1 heterocycles. The Morgan fingerprint density at radius 1 is 0.476 bits per heavy atom. The molecule has 2 aromatic carbocycles. The summed E-state index contributed by atoms with van der Waals surface area (Å²) in [6.07, 6.45) is -5.83. The number of nitrogens with one attached hydrogen (secondary N) is 9. The minimum absolute atomic E-state index is 0.234. The number of para-hydroxylation sites is 1. The summed E-state index contributed by atoms with van der Waals surface area (Å²) in [6.45, 7) is 3.95. The molecule has 3 aromatic rings. The van der Waals surface area contributed by atoms with Crippen LogP contribution in [-0.4, -0.2) is 169 Å². The molecule has 0 saturated carbocycles. The molecule has 0 bridgehead atoms. The fourth-order valence-corrected chi connectivity index (χ4v) is 8.01. The first-order valence-corrected chi connectivity index (χ1v) is 25.4. The van der Waals surface area contributed by atoms with E-state index in [0.717, 1.165) is 6.92 Å². The van der Waals surface area contributed by atoms with Gasteiger partial charge >= 0.3 is 17.9 Å². The number of benzene rings is 2. The van der Waals surface area contributed by atoms with Crippen molar-refractivity contribution in [1.29, 1.82) is 0 Å². The van der Waals surface area contributed by atoms with Crippen molar-refractivity contribution in [3.63, 3.8) is 0 Å². The molecule has 3 rings (SSSR count). The lowest BCUT2D eigenvalue weighted by Gasteiger charge is -2.29. The standard InChI is InChI=1S/C51H69N13O18/c1-23(2)41(63-47(77)31(18-26-22-56-29-12-8-7-11-27(26)29)59-45(75)32(19-38(55)68)58-43(73)28(52)13-15-36(53)66)49(79)57-30(14-16-37(54)67)44(74)60-33(20-39(69)70)46(76)61-34(21-40(71)72)48(78)64-42(24(3)65)50(80)62-35(51(81)82)17-25-9-5-4-6-10-25/h4-12,22-24,28,30-35,41-42,56,65H,13-21,52H2,1-3H3,(H2,53,66)(H2,54,67)(H2,55,68)(H,57,79)(H,58,73)(H,59,75)(H,60,74)(H,61,76)(H,62,80)(H,63,77)(H,64,78)(H,69,70)(H,71,72)(H,81,82)/t24-,28+,30+,31+,32+,33+,34+,35+,41+,42+/m1/s1. The van der Waals surface area contributed by atoms with Crippen LogP contribution < -0.4 is 65.5 Å². The third-order valence-electron chi connectivity index (χ3n) is 12.4. The highest BCUT2D eigenvalue weighted by Crippen LogP contribution is 2.20. The Hall–Kier alpha value is -9.52. The molecule has 31 heteroatoms. The van der Waals surface area contributed by atoms with Crippen LogP contribution in [0.4, 0.5) is 0 Å². The summed E-state index contributed by atoms with van der Waals surface area (Å²) in [5.74, 6) is -18.5. The monoisotopic (exact) mass is 1150 g/mol. The van der Waals surface area contributed by atoms with Gasteiger partial charge in [0.15, 0.2) is 0 Å².